The van der Waals surface area contributed by atoms with Crippen LogP contribution in [0.3, 0.4) is 0 Å². The molecule has 0 aliphatic carbocycles. The second-order valence-electron chi connectivity index (χ2n) is 4.38. The summed E-state index contributed by atoms with van der Waals surface area (Å²) in [6, 6.07) is 13.1. The molecule has 1 unspecified atom stereocenters. The SMILES string of the molecule is CC(C)Oc1ncccc1C(O)c1ccccc1. The first-order chi connectivity index (χ1) is 8.68. The lowest BCUT2D eigenvalue weighted by atomic mass is 10.0. The van der Waals surface area contributed by atoms with Crippen LogP contribution in [0.4, 0.5) is 0 Å². The van der Waals surface area contributed by atoms with E-state index in [1.807, 2.05) is 50.2 Å². The summed E-state index contributed by atoms with van der Waals surface area (Å²) >= 11 is 0. The Hall–Kier alpha value is -1.87. The predicted molar refractivity (Wildman–Crippen MR) is 70.5 cm³/mol. The van der Waals surface area contributed by atoms with Gasteiger partial charge in [-0.3, -0.25) is 0 Å². The zero-order chi connectivity index (χ0) is 13.0. The van der Waals surface area contributed by atoms with Crippen molar-refractivity contribution in [2.45, 2.75) is 26.1 Å². The Balaban J connectivity index is 2.33. The van der Waals surface area contributed by atoms with Crippen molar-refractivity contribution in [3.8, 4) is 5.88 Å². The minimum atomic E-state index is -0.714. The van der Waals surface area contributed by atoms with E-state index in [0.717, 1.165) is 5.56 Å². The fourth-order valence-corrected chi connectivity index (χ4v) is 1.75. The Bertz CT molecular complexity index is 497. The molecule has 0 fully saturated rings. The van der Waals surface area contributed by atoms with Crippen LogP contribution in [-0.2, 0) is 0 Å². The number of nitrogens with zero attached hydrogens (tertiary/aromatic N) is 1. The summed E-state index contributed by atoms with van der Waals surface area (Å²) in [5, 5.41) is 10.4. The van der Waals surface area contributed by atoms with Gasteiger partial charge in [0.1, 0.15) is 6.10 Å². The van der Waals surface area contributed by atoms with Gasteiger partial charge >= 0.3 is 0 Å². The third-order valence-corrected chi connectivity index (χ3v) is 2.56. The molecule has 3 heteroatoms. The largest absolute Gasteiger partial charge is 0.475 e. The molecule has 1 heterocycles. The van der Waals surface area contributed by atoms with E-state index in [4.69, 9.17) is 4.74 Å². The number of rotatable bonds is 4. The van der Waals surface area contributed by atoms with E-state index in [1.54, 1.807) is 12.3 Å². The van der Waals surface area contributed by atoms with Gasteiger partial charge in [-0.2, -0.15) is 0 Å². The molecule has 0 spiro atoms. The Morgan fingerprint density at radius 1 is 1.06 bits per heavy atom. The summed E-state index contributed by atoms with van der Waals surface area (Å²) < 4.78 is 5.62. The molecule has 1 N–H and O–H groups in total. The van der Waals surface area contributed by atoms with Gasteiger partial charge in [0, 0.05) is 11.8 Å². The third kappa shape index (κ3) is 2.87. The Morgan fingerprint density at radius 2 is 1.78 bits per heavy atom. The third-order valence-electron chi connectivity index (χ3n) is 2.56. The van der Waals surface area contributed by atoms with Crippen molar-refractivity contribution in [1.29, 1.82) is 0 Å². The van der Waals surface area contributed by atoms with Crippen LogP contribution in [0, 0.1) is 0 Å². The Kier molecular flexibility index (Phi) is 3.95. The molecule has 1 aromatic carbocycles. The lowest BCUT2D eigenvalue weighted by Gasteiger charge is -2.17. The number of aliphatic hydroxyl groups excluding tert-OH is 1. The molecule has 0 aliphatic rings. The Morgan fingerprint density at radius 3 is 2.44 bits per heavy atom. The molecule has 1 atom stereocenters. The van der Waals surface area contributed by atoms with Gasteiger partial charge in [0.15, 0.2) is 0 Å². The Labute approximate surface area is 107 Å². The number of hydrogen-bond acceptors (Lipinski definition) is 3. The highest BCUT2D eigenvalue weighted by molar-refractivity contribution is 5.35. The van der Waals surface area contributed by atoms with Gasteiger partial charge in [0.25, 0.3) is 0 Å². The second-order valence-corrected chi connectivity index (χ2v) is 4.38. The number of pyridine rings is 1. The van der Waals surface area contributed by atoms with Gasteiger partial charge in [-0.15, -0.1) is 0 Å². The van der Waals surface area contributed by atoms with Crippen LogP contribution >= 0.6 is 0 Å². The first-order valence-electron chi connectivity index (χ1n) is 6.03. The average molecular weight is 243 g/mol. The highest BCUT2D eigenvalue weighted by Crippen LogP contribution is 2.28. The van der Waals surface area contributed by atoms with Gasteiger partial charge < -0.3 is 9.84 Å². The van der Waals surface area contributed by atoms with Crippen LogP contribution in [-0.4, -0.2) is 16.2 Å². The molecular formula is C15H17NO2. The fraction of sp³-hybridized carbons (Fsp3) is 0.267. The summed E-state index contributed by atoms with van der Waals surface area (Å²) in [5.41, 5.74) is 1.52. The van der Waals surface area contributed by atoms with Crippen molar-refractivity contribution in [3.63, 3.8) is 0 Å². The van der Waals surface area contributed by atoms with Crippen LogP contribution in [0.25, 0.3) is 0 Å². The standard InChI is InChI=1S/C15H17NO2/c1-11(2)18-15-13(9-6-10-16-15)14(17)12-7-4-3-5-8-12/h3-11,14,17H,1-2H3. The average Bonchev–Trinajstić information content (AvgIpc) is 2.39. The van der Waals surface area contributed by atoms with Crippen LogP contribution < -0.4 is 4.74 Å². The smallest absolute Gasteiger partial charge is 0.219 e. The summed E-state index contributed by atoms with van der Waals surface area (Å²) in [6.45, 7) is 3.88. The van der Waals surface area contributed by atoms with Gasteiger partial charge in [-0.25, -0.2) is 4.98 Å². The highest BCUT2D eigenvalue weighted by atomic mass is 16.5. The molecule has 0 aliphatic heterocycles. The molecule has 2 aromatic rings. The summed E-state index contributed by atoms with van der Waals surface area (Å²) in [6.07, 6.45) is 0.981. The molecule has 3 nitrogen and oxygen atoms in total. The van der Waals surface area contributed by atoms with Gasteiger partial charge in [-0.1, -0.05) is 30.3 Å². The maximum Gasteiger partial charge on any atom is 0.219 e. The predicted octanol–water partition coefficient (Wildman–Crippen LogP) is 2.95. The molecule has 0 saturated carbocycles. The first-order valence-corrected chi connectivity index (χ1v) is 6.03. The van der Waals surface area contributed by atoms with E-state index in [1.165, 1.54) is 0 Å². The summed E-state index contributed by atoms with van der Waals surface area (Å²) in [4.78, 5) is 4.18. The van der Waals surface area contributed by atoms with E-state index in [-0.39, 0.29) is 6.10 Å². The fourth-order valence-electron chi connectivity index (χ4n) is 1.75. The number of benzene rings is 1. The van der Waals surface area contributed by atoms with E-state index < -0.39 is 6.10 Å². The molecule has 0 saturated heterocycles. The van der Waals surface area contributed by atoms with Gasteiger partial charge in [0.05, 0.1) is 6.10 Å². The molecule has 0 bridgehead atoms. The molecule has 94 valence electrons. The molecule has 2 rings (SSSR count). The van der Waals surface area contributed by atoms with Crippen molar-refractivity contribution in [1.82, 2.24) is 4.98 Å². The zero-order valence-electron chi connectivity index (χ0n) is 10.6. The zero-order valence-corrected chi connectivity index (χ0v) is 10.6. The van der Waals surface area contributed by atoms with E-state index >= 15 is 0 Å². The van der Waals surface area contributed by atoms with Crippen LogP contribution in [0.1, 0.15) is 31.1 Å². The summed E-state index contributed by atoms with van der Waals surface area (Å²) in [5.74, 6) is 0.490. The number of aliphatic hydroxyl groups is 1. The molecular weight excluding hydrogens is 226 g/mol. The maximum absolute atomic E-state index is 10.4. The monoisotopic (exact) mass is 243 g/mol. The van der Waals surface area contributed by atoms with E-state index in [9.17, 15) is 5.11 Å². The van der Waals surface area contributed by atoms with Crippen LogP contribution in [0.15, 0.2) is 48.7 Å². The normalized spacial score (nSPS) is 12.4. The minimum absolute atomic E-state index is 0.0293. The lowest BCUT2D eigenvalue weighted by molar-refractivity contribution is 0.193. The van der Waals surface area contributed by atoms with E-state index in [0.29, 0.717) is 11.4 Å². The first kappa shape index (κ1) is 12.6. The number of ether oxygens (including phenoxy) is 1. The molecule has 18 heavy (non-hydrogen) atoms. The highest BCUT2D eigenvalue weighted by Gasteiger charge is 2.16. The molecule has 0 amide bonds. The topological polar surface area (TPSA) is 42.4 Å². The van der Waals surface area contributed by atoms with Gasteiger partial charge in [-0.05, 0) is 31.5 Å². The second kappa shape index (κ2) is 5.65. The van der Waals surface area contributed by atoms with Crippen LogP contribution in [0.5, 0.6) is 5.88 Å². The number of hydrogen-bond donors (Lipinski definition) is 1. The lowest BCUT2D eigenvalue weighted by Crippen LogP contribution is -2.11. The summed E-state index contributed by atoms with van der Waals surface area (Å²) in [7, 11) is 0. The van der Waals surface area contributed by atoms with Crippen molar-refractivity contribution >= 4 is 0 Å². The van der Waals surface area contributed by atoms with Gasteiger partial charge in [0.2, 0.25) is 5.88 Å². The van der Waals surface area contributed by atoms with Crippen molar-refractivity contribution in [2.24, 2.45) is 0 Å². The van der Waals surface area contributed by atoms with E-state index in [2.05, 4.69) is 4.98 Å². The maximum atomic E-state index is 10.4. The number of aromatic nitrogens is 1. The molecule has 0 radical (unpaired) electrons. The van der Waals surface area contributed by atoms with Crippen molar-refractivity contribution < 1.29 is 9.84 Å². The minimum Gasteiger partial charge on any atom is -0.475 e. The van der Waals surface area contributed by atoms with Crippen molar-refractivity contribution in [2.75, 3.05) is 0 Å². The van der Waals surface area contributed by atoms with Crippen molar-refractivity contribution in [3.05, 3.63) is 59.8 Å². The quantitative estimate of drug-likeness (QED) is 0.897. The molecule has 1 aromatic heterocycles. The van der Waals surface area contributed by atoms with Crippen LogP contribution in [0.2, 0.25) is 0 Å².